The van der Waals surface area contributed by atoms with Crippen molar-refractivity contribution in [2.75, 3.05) is 0 Å². The van der Waals surface area contributed by atoms with Gasteiger partial charge in [0.1, 0.15) is 5.82 Å². The van der Waals surface area contributed by atoms with E-state index in [2.05, 4.69) is 110 Å². The fourth-order valence-electron chi connectivity index (χ4n) is 6.98. The largest absolute Gasteiger partial charge is 0.361 e. The van der Waals surface area contributed by atoms with Crippen LogP contribution in [0.1, 0.15) is 46.5 Å². The molecule has 8 nitrogen and oxygen atoms in total. The molecule has 0 fully saturated rings. The van der Waals surface area contributed by atoms with E-state index in [0.717, 1.165) is 58.6 Å². The van der Waals surface area contributed by atoms with Crippen molar-refractivity contribution >= 4 is 38.5 Å². The number of hydrogen-bond acceptors (Lipinski definition) is 4. The van der Waals surface area contributed by atoms with Crippen LogP contribution in [-0.4, -0.2) is 35.6 Å². The third kappa shape index (κ3) is 6.45. The normalized spacial score (nSPS) is 12.2. The van der Waals surface area contributed by atoms with Gasteiger partial charge in [-0.1, -0.05) is 84.9 Å². The van der Waals surface area contributed by atoms with Gasteiger partial charge in [0.2, 0.25) is 5.91 Å². The van der Waals surface area contributed by atoms with Gasteiger partial charge in [0.05, 0.1) is 19.0 Å². The van der Waals surface area contributed by atoms with E-state index in [1.54, 1.807) is 6.20 Å². The fourth-order valence-corrected chi connectivity index (χ4v) is 6.98. The lowest BCUT2D eigenvalue weighted by Crippen LogP contribution is -2.33. The number of nitrogens with zero attached hydrogens (tertiary/aromatic N) is 4. The molecule has 0 aliphatic carbocycles. The Labute approximate surface area is 284 Å². The molecule has 8 heteroatoms. The van der Waals surface area contributed by atoms with Gasteiger partial charge in [-0.05, 0) is 64.6 Å². The van der Waals surface area contributed by atoms with Crippen LogP contribution in [0.4, 0.5) is 0 Å². The van der Waals surface area contributed by atoms with Crippen molar-refractivity contribution in [3.63, 3.8) is 0 Å². The maximum atomic E-state index is 13.6. The second-order valence-electron chi connectivity index (χ2n) is 12.6. The molecule has 4 aromatic heterocycles. The molecule has 242 valence electrons. The molecular formula is C41H37N7O. The van der Waals surface area contributed by atoms with Crippen molar-refractivity contribution in [1.29, 1.82) is 0 Å². The van der Waals surface area contributed by atoms with Crippen LogP contribution in [0.3, 0.4) is 0 Å². The maximum absolute atomic E-state index is 13.6. The number of amides is 1. The number of H-pyrrole nitrogens is 2. The highest BCUT2D eigenvalue weighted by Gasteiger charge is 2.25. The van der Waals surface area contributed by atoms with Crippen molar-refractivity contribution in [3.05, 3.63) is 162 Å². The first kappa shape index (κ1) is 30.3. The maximum Gasteiger partial charge on any atom is 0.226 e. The molecule has 4 heterocycles. The Balaban J connectivity index is 1.16. The van der Waals surface area contributed by atoms with Crippen LogP contribution < -0.4 is 5.32 Å². The Bertz CT molecular complexity index is 2360. The summed E-state index contributed by atoms with van der Waals surface area (Å²) in [6.07, 6.45) is 9.19. The first-order valence-corrected chi connectivity index (χ1v) is 16.9. The smallest absolute Gasteiger partial charge is 0.226 e. The lowest BCUT2D eigenvalue weighted by molar-refractivity contribution is -0.121. The highest BCUT2D eigenvalue weighted by molar-refractivity contribution is 5.86. The fraction of sp³-hybridized carbons (Fsp3) is 0.171. The van der Waals surface area contributed by atoms with Crippen LogP contribution in [0.2, 0.25) is 0 Å². The Morgan fingerprint density at radius 1 is 0.694 bits per heavy atom. The van der Waals surface area contributed by atoms with Gasteiger partial charge >= 0.3 is 0 Å². The summed E-state index contributed by atoms with van der Waals surface area (Å²) in [6, 6.07) is 36.8. The van der Waals surface area contributed by atoms with Gasteiger partial charge < -0.3 is 19.9 Å². The minimum Gasteiger partial charge on any atom is -0.361 e. The average Bonchev–Trinajstić information content (AvgIpc) is 3.86. The number of fused-ring (bicyclic) bond motifs is 3. The van der Waals surface area contributed by atoms with Gasteiger partial charge in [-0.2, -0.15) is 0 Å². The van der Waals surface area contributed by atoms with Crippen LogP contribution in [-0.2, 0) is 37.0 Å². The van der Waals surface area contributed by atoms with E-state index in [9.17, 15) is 4.79 Å². The number of nitrogens with one attached hydrogen (secondary N) is 3. The van der Waals surface area contributed by atoms with Crippen LogP contribution in [0.5, 0.6) is 0 Å². The third-order valence-corrected chi connectivity index (χ3v) is 9.40. The van der Waals surface area contributed by atoms with Crippen LogP contribution in [0.25, 0.3) is 32.6 Å². The summed E-state index contributed by atoms with van der Waals surface area (Å²) in [5.41, 5.74) is 6.53. The predicted molar refractivity (Wildman–Crippen MR) is 194 cm³/mol. The molecule has 1 amide bonds. The van der Waals surface area contributed by atoms with E-state index in [1.807, 2.05) is 36.5 Å². The molecule has 0 aliphatic rings. The first-order chi connectivity index (χ1) is 24.2. The second-order valence-corrected chi connectivity index (χ2v) is 12.6. The molecular weight excluding hydrogens is 606 g/mol. The van der Waals surface area contributed by atoms with Gasteiger partial charge in [-0.3, -0.25) is 9.78 Å². The summed E-state index contributed by atoms with van der Waals surface area (Å²) >= 11 is 0. The summed E-state index contributed by atoms with van der Waals surface area (Å²) in [4.78, 5) is 24.8. The Morgan fingerprint density at radius 3 is 2.18 bits per heavy atom. The monoisotopic (exact) mass is 643 g/mol. The average molecular weight is 644 g/mol. The van der Waals surface area contributed by atoms with E-state index < -0.39 is 6.04 Å². The molecule has 0 spiro atoms. The minimum absolute atomic E-state index is 0.107. The predicted octanol–water partition coefficient (Wildman–Crippen LogP) is 7.66. The molecule has 3 N–H and O–H groups in total. The zero-order valence-corrected chi connectivity index (χ0v) is 27.1. The van der Waals surface area contributed by atoms with Crippen LogP contribution in [0, 0.1) is 0 Å². The minimum atomic E-state index is -0.416. The number of pyridine rings is 1. The number of aromatic amines is 2. The quantitative estimate of drug-likeness (QED) is 0.127. The zero-order valence-electron chi connectivity index (χ0n) is 27.1. The van der Waals surface area contributed by atoms with Gasteiger partial charge in [0.25, 0.3) is 0 Å². The standard InChI is InChI=1S/C41H37N7O/c49-40(24-32-15-7-8-22-42-32)45-38(23-31-26-44-37-20-6-4-18-35(31)37)41-47-46-39(21-10-13-29-25-43-36-19-5-3-17-34(29)36)48(41)27-30-14-9-12-28-11-1-2-16-33(28)30/h1-9,11-12,14-20,22,25-26,38,43-44H,10,13,21,23-24,27H2,(H,45,49). The Morgan fingerprint density at radius 2 is 1.39 bits per heavy atom. The van der Waals surface area contributed by atoms with Gasteiger partial charge in [-0.25, -0.2) is 0 Å². The van der Waals surface area contributed by atoms with Gasteiger partial charge in [-0.15, -0.1) is 10.2 Å². The van der Waals surface area contributed by atoms with E-state index in [1.165, 1.54) is 27.3 Å². The van der Waals surface area contributed by atoms with Crippen molar-refractivity contribution in [3.8, 4) is 0 Å². The SMILES string of the molecule is O=C(Cc1ccccn1)NC(Cc1c[nH]c2ccccc12)c1nnc(CCCc2c[nH]c3ccccc23)n1Cc1cccc2ccccc12. The Hall–Kier alpha value is -6.02. The molecule has 49 heavy (non-hydrogen) atoms. The van der Waals surface area contributed by atoms with Gasteiger partial charge in [0, 0.05) is 58.9 Å². The molecule has 1 unspecified atom stereocenters. The number of rotatable bonds is 12. The zero-order chi connectivity index (χ0) is 33.0. The summed E-state index contributed by atoms with van der Waals surface area (Å²) in [6.45, 7) is 0.590. The van der Waals surface area contributed by atoms with E-state index in [-0.39, 0.29) is 12.3 Å². The number of carbonyl (C=O) groups excluding carboxylic acids is 1. The highest BCUT2D eigenvalue weighted by atomic mass is 16.1. The van der Waals surface area contributed by atoms with E-state index in [0.29, 0.717) is 13.0 Å². The summed E-state index contributed by atoms with van der Waals surface area (Å²) < 4.78 is 2.23. The molecule has 0 saturated heterocycles. The summed E-state index contributed by atoms with van der Waals surface area (Å²) in [5, 5.41) is 17.8. The molecule has 0 saturated carbocycles. The number of carbonyl (C=O) groups is 1. The van der Waals surface area contributed by atoms with Crippen LogP contribution in [0.15, 0.2) is 128 Å². The van der Waals surface area contributed by atoms with Crippen LogP contribution >= 0.6 is 0 Å². The number of aromatic nitrogens is 6. The van der Waals surface area contributed by atoms with Gasteiger partial charge in [0.15, 0.2) is 5.82 Å². The lowest BCUT2D eigenvalue weighted by Gasteiger charge is -2.21. The molecule has 0 bridgehead atoms. The molecule has 8 rings (SSSR count). The topological polar surface area (TPSA) is 104 Å². The molecule has 8 aromatic rings. The molecule has 0 aliphatic heterocycles. The van der Waals surface area contributed by atoms with Crippen molar-refractivity contribution < 1.29 is 4.79 Å². The number of para-hydroxylation sites is 2. The Kier molecular flexibility index (Phi) is 8.42. The van der Waals surface area contributed by atoms with Crippen molar-refractivity contribution in [2.24, 2.45) is 0 Å². The summed E-state index contributed by atoms with van der Waals surface area (Å²) in [5.74, 6) is 1.55. The summed E-state index contributed by atoms with van der Waals surface area (Å²) in [7, 11) is 0. The highest BCUT2D eigenvalue weighted by Crippen LogP contribution is 2.28. The third-order valence-electron chi connectivity index (χ3n) is 9.40. The number of aryl methyl sites for hydroxylation is 2. The van der Waals surface area contributed by atoms with E-state index >= 15 is 0 Å². The van der Waals surface area contributed by atoms with Crippen molar-refractivity contribution in [1.82, 2.24) is 35.0 Å². The first-order valence-electron chi connectivity index (χ1n) is 16.9. The number of benzene rings is 4. The number of hydrogen-bond donors (Lipinski definition) is 3. The molecule has 1 atom stereocenters. The van der Waals surface area contributed by atoms with E-state index in [4.69, 9.17) is 10.2 Å². The second kappa shape index (κ2) is 13.6. The molecule has 4 aromatic carbocycles. The lowest BCUT2D eigenvalue weighted by atomic mass is 10.0. The van der Waals surface area contributed by atoms with Crippen molar-refractivity contribution in [2.45, 2.75) is 44.7 Å². The molecule has 0 radical (unpaired) electrons.